The van der Waals surface area contributed by atoms with E-state index < -0.39 is 11.2 Å². The molecule has 0 heterocycles. The summed E-state index contributed by atoms with van der Waals surface area (Å²) < 4.78 is 13.8. The fraction of sp³-hybridized carbons (Fsp3) is 0.176. The average molecular weight is 423 g/mol. The summed E-state index contributed by atoms with van der Waals surface area (Å²) in [6.07, 6.45) is 0. The number of hydrogen-bond acceptors (Lipinski definition) is 3. The summed E-state index contributed by atoms with van der Waals surface area (Å²) in [5.41, 5.74) is 6.42. The number of nitrogen functional groups attached to an aromatic ring is 1. The minimum atomic E-state index is -0.656. The van der Waals surface area contributed by atoms with Crippen LogP contribution in [0, 0.1) is 17.1 Å². The number of benzene rings is 2. The predicted molar refractivity (Wildman–Crippen MR) is 97.1 cm³/mol. The Balaban J connectivity index is 2.26. The van der Waals surface area contributed by atoms with Crippen molar-refractivity contribution in [3.63, 3.8) is 0 Å². The van der Waals surface area contributed by atoms with Crippen LogP contribution in [0.4, 0.5) is 15.8 Å². The lowest BCUT2D eigenvalue weighted by Crippen LogP contribution is -2.22. The molecule has 1 amide bonds. The van der Waals surface area contributed by atoms with E-state index in [1.165, 1.54) is 18.2 Å². The minimum Gasteiger partial charge on any atom is -0.396 e. The molecule has 23 heavy (non-hydrogen) atoms. The van der Waals surface area contributed by atoms with Gasteiger partial charge in [-0.25, -0.2) is 4.39 Å². The number of alkyl halides is 1. The molecule has 2 aromatic rings. The van der Waals surface area contributed by atoms with Gasteiger partial charge in [0.25, 0.3) is 5.91 Å². The number of nitriles is 1. The van der Waals surface area contributed by atoms with Crippen molar-refractivity contribution in [2.45, 2.75) is 12.3 Å². The number of nitrogens with two attached hydrogens (primary N) is 1. The Labute approximate surface area is 147 Å². The van der Waals surface area contributed by atoms with Gasteiger partial charge in [-0.1, -0.05) is 34.7 Å². The predicted octanol–water partition coefficient (Wildman–Crippen LogP) is 3.88. The van der Waals surface area contributed by atoms with Crippen molar-refractivity contribution < 1.29 is 9.18 Å². The van der Waals surface area contributed by atoms with Gasteiger partial charge in [0.2, 0.25) is 0 Å². The molecule has 0 radical (unpaired) electrons. The molecule has 0 saturated carbocycles. The van der Waals surface area contributed by atoms with Crippen LogP contribution in [0.1, 0.15) is 22.8 Å². The molecule has 3 N–H and O–H groups in total. The van der Waals surface area contributed by atoms with Gasteiger partial charge in [-0.15, -0.1) is 0 Å². The smallest absolute Gasteiger partial charge is 0.255 e. The van der Waals surface area contributed by atoms with E-state index in [2.05, 4.69) is 34.0 Å². The van der Waals surface area contributed by atoms with E-state index in [4.69, 9.17) is 5.73 Å². The Bertz CT molecular complexity index is 788. The SMILES string of the molecule is CC(C#N)(CI)c1cccc(C(=O)Nc2ccc(F)c(N)c2)c1. The first-order valence-corrected chi connectivity index (χ1v) is 8.36. The second kappa shape index (κ2) is 6.96. The summed E-state index contributed by atoms with van der Waals surface area (Å²) in [6, 6.07) is 13.2. The monoisotopic (exact) mass is 423 g/mol. The Morgan fingerprint density at radius 1 is 1.39 bits per heavy atom. The third-order valence-corrected chi connectivity index (χ3v) is 5.06. The van der Waals surface area contributed by atoms with Crippen LogP contribution in [0.2, 0.25) is 0 Å². The van der Waals surface area contributed by atoms with E-state index in [0.717, 1.165) is 5.56 Å². The van der Waals surface area contributed by atoms with Crippen LogP contribution in [-0.2, 0) is 5.41 Å². The molecule has 4 nitrogen and oxygen atoms in total. The zero-order chi connectivity index (χ0) is 17.0. The van der Waals surface area contributed by atoms with Gasteiger partial charge in [0, 0.05) is 15.7 Å². The van der Waals surface area contributed by atoms with Crippen LogP contribution in [-0.4, -0.2) is 10.3 Å². The molecule has 2 rings (SSSR count). The first-order valence-electron chi connectivity index (χ1n) is 6.84. The van der Waals surface area contributed by atoms with Crippen LogP contribution >= 0.6 is 22.6 Å². The number of amides is 1. The molecule has 6 heteroatoms. The highest BCUT2D eigenvalue weighted by atomic mass is 127. The van der Waals surface area contributed by atoms with Crippen molar-refractivity contribution in [1.29, 1.82) is 5.26 Å². The fourth-order valence-corrected chi connectivity index (χ4v) is 2.61. The van der Waals surface area contributed by atoms with Gasteiger partial charge in [0.15, 0.2) is 0 Å². The highest BCUT2D eigenvalue weighted by molar-refractivity contribution is 14.1. The summed E-state index contributed by atoms with van der Waals surface area (Å²) >= 11 is 2.15. The zero-order valence-electron chi connectivity index (χ0n) is 12.4. The van der Waals surface area contributed by atoms with E-state index >= 15 is 0 Å². The molecule has 0 saturated heterocycles. The van der Waals surface area contributed by atoms with Gasteiger partial charge in [-0.2, -0.15) is 5.26 Å². The maximum Gasteiger partial charge on any atom is 0.255 e. The number of carbonyl (C=O) groups excluding carboxylic acids is 1. The van der Waals surface area contributed by atoms with Crippen LogP contribution in [0.5, 0.6) is 0 Å². The van der Waals surface area contributed by atoms with Gasteiger partial charge < -0.3 is 11.1 Å². The largest absolute Gasteiger partial charge is 0.396 e. The molecule has 0 spiro atoms. The number of nitrogens with one attached hydrogen (secondary N) is 1. The molecule has 0 aliphatic rings. The topological polar surface area (TPSA) is 78.9 Å². The fourth-order valence-electron chi connectivity index (χ4n) is 2.00. The van der Waals surface area contributed by atoms with Crippen molar-refractivity contribution in [3.05, 3.63) is 59.4 Å². The van der Waals surface area contributed by atoms with E-state index in [9.17, 15) is 14.4 Å². The summed E-state index contributed by atoms with van der Waals surface area (Å²) in [7, 11) is 0. The first-order chi connectivity index (χ1) is 10.9. The molecule has 0 aromatic heterocycles. The van der Waals surface area contributed by atoms with E-state index in [-0.39, 0.29) is 11.6 Å². The van der Waals surface area contributed by atoms with Crippen LogP contribution in [0.25, 0.3) is 0 Å². The lowest BCUT2D eigenvalue weighted by Gasteiger charge is -2.19. The lowest BCUT2D eigenvalue weighted by atomic mass is 9.85. The van der Waals surface area contributed by atoms with Crippen molar-refractivity contribution in [1.82, 2.24) is 0 Å². The van der Waals surface area contributed by atoms with Crippen LogP contribution < -0.4 is 11.1 Å². The van der Waals surface area contributed by atoms with E-state index in [1.54, 1.807) is 18.2 Å². The molecule has 118 valence electrons. The standard InChI is InChI=1S/C17H15FIN3O/c1-17(9-19,10-20)12-4-2-3-11(7-12)16(23)22-13-5-6-14(18)15(21)8-13/h2-8H,9,21H2,1H3,(H,22,23). The van der Waals surface area contributed by atoms with Crippen molar-refractivity contribution in [2.24, 2.45) is 0 Å². The highest BCUT2D eigenvalue weighted by Crippen LogP contribution is 2.26. The summed E-state index contributed by atoms with van der Waals surface area (Å²) in [6.45, 7) is 1.83. The number of nitrogens with zero attached hydrogens (tertiary/aromatic N) is 1. The second-order valence-corrected chi connectivity index (χ2v) is 6.11. The number of hydrogen-bond donors (Lipinski definition) is 2. The first kappa shape index (κ1) is 17.2. The Hall–Kier alpha value is -2.14. The molecule has 1 unspecified atom stereocenters. The van der Waals surface area contributed by atoms with E-state index in [0.29, 0.717) is 15.7 Å². The Morgan fingerprint density at radius 3 is 2.74 bits per heavy atom. The molecule has 0 aliphatic carbocycles. The maximum absolute atomic E-state index is 13.2. The number of rotatable bonds is 4. The summed E-state index contributed by atoms with van der Waals surface area (Å²) in [4.78, 5) is 12.3. The van der Waals surface area contributed by atoms with Crippen molar-refractivity contribution in [3.8, 4) is 6.07 Å². The summed E-state index contributed by atoms with van der Waals surface area (Å²) in [5, 5.41) is 12.0. The number of halogens is 2. The maximum atomic E-state index is 13.2. The zero-order valence-corrected chi connectivity index (χ0v) is 14.6. The molecule has 2 aromatic carbocycles. The van der Waals surface area contributed by atoms with Gasteiger partial charge in [0.05, 0.1) is 17.2 Å². The highest BCUT2D eigenvalue weighted by Gasteiger charge is 2.25. The second-order valence-electron chi connectivity index (χ2n) is 5.35. The van der Waals surface area contributed by atoms with Gasteiger partial charge >= 0.3 is 0 Å². The Morgan fingerprint density at radius 2 is 2.13 bits per heavy atom. The lowest BCUT2D eigenvalue weighted by molar-refractivity contribution is 0.102. The van der Waals surface area contributed by atoms with E-state index in [1.807, 2.05) is 13.0 Å². The van der Waals surface area contributed by atoms with Gasteiger partial charge in [-0.3, -0.25) is 4.79 Å². The van der Waals surface area contributed by atoms with Gasteiger partial charge in [0.1, 0.15) is 5.82 Å². The Kier molecular flexibility index (Phi) is 5.21. The molecule has 1 atom stereocenters. The third kappa shape index (κ3) is 3.79. The molecular formula is C17H15FIN3O. The van der Waals surface area contributed by atoms with Crippen molar-refractivity contribution >= 4 is 39.9 Å². The third-order valence-electron chi connectivity index (χ3n) is 3.53. The molecule has 0 bridgehead atoms. The molecular weight excluding hydrogens is 408 g/mol. The van der Waals surface area contributed by atoms with Gasteiger partial charge in [-0.05, 0) is 42.8 Å². The minimum absolute atomic E-state index is 0.0291. The molecule has 0 fully saturated rings. The normalized spacial score (nSPS) is 13.0. The van der Waals surface area contributed by atoms with Crippen LogP contribution in [0.15, 0.2) is 42.5 Å². The summed E-state index contributed by atoms with van der Waals surface area (Å²) in [5.74, 6) is -0.872. The van der Waals surface area contributed by atoms with Crippen molar-refractivity contribution in [2.75, 3.05) is 15.5 Å². The number of anilines is 2. The van der Waals surface area contributed by atoms with Crippen LogP contribution in [0.3, 0.4) is 0 Å². The quantitative estimate of drug-likeness (QED) is 0.445. The average Bonchev–Trinajstić information content (AvgIpc) is 2.57. The molecule has 0 aliphatic heterocycles. The number of carbonyl (C=O) groups is 1.